The summed E-state index contributed by atoms with van der Waals surface area (Å²) in [5.74, 6) is 0. The maximum Gasteiger partial charge on any atom is 0.113 e. The molecule has 1 aromatic heterocycles. The molecule has 0 bridgehead atoms. The molecule has 0 radical (unpaired) electrons. The van der Waals surface area contributed by atoms with Crippen LogP contribution >= 0.6 is 11.3 Å². The quantitative estimate of drug-likeness (QED) is 0.787. The SMILES string of the molecule is CCCNC(C)(CCOC)c1nc(CC)c(C)s1. The van der Waals surface area contributed by atoms with E-state index in [2.05, 4.69) is 33.0 Å². The highest BCUT2D eigenvalue weighted by Gasteiger charge is 2.29. The fourth-order valence-corrected chi connectivity index (χ4v) is 3.12. The number of nitrogens with zero attached hydrogens (tertiary/aromatic N) is 1. The van der Waals surface area contributed by atoms with Gasteiger partial charge in [-0.3, -0.25) is 0 Å². The third-order valence-corrected chi connectivity index (χ3v) is 4.55. The van der Waals surface area contributed by atoms with E-state index < -0.39 is 0 Å². The van der Waals surface area contributed by atoms with Crippen molar-refractivity contribution in [2.24, 2.45) is 0 Å². The van der Waals surface area contributed by atoms with Crippen LogP contribution in [0.5, 0.6) is 0 Å². The lowest BCUT2D eigenvalue weighted by molar-refractivity contribution is 0.159. The fraction of sp³-hybridized carbons (Fsp3) is 0.786. The second-order valence-electron chi connectivity index (χ2n) is 4.88. The molecule has 4 heteroatoms. The maximum absolute atomic E-state index is 5.24. The minimum atomic E-state index is -0.0606. The molecule has 18 heavy (non-hydrogen) atoms. The maximum atomic E-state index is 5.24. The number of hydrogen-bond donors (Lipinski definition) is 1. The number of aryl methyl sites for hydroxylation is 2. The van der Waals surface area contributed by atoms with E-state index in [1.807, 2.05) is 11.3 Å². The van der Waals surface area contributed by atoms with Gasteiger partial charge in [-0.1, -0.05) is 13.8 Å². The van der Waals surface area contributed by atoms with Crippen LogP contribution in [0.3, 0.4) is 0 Å². The molecule has 1 unspecified atom stereocenters. The Labute approximate surface area is 115 Å². The zero-order chi connectivity index (χ0) is 13.6. The molecule has 0 spiro atoms. The number of thiazole rings is 1. The van der Waals surface area contributed by atoms with E-state index in [1.54, 1.807) is 7.11 Å². The molecule has 1 heterocycles. The lowest BCUT2D eigenvalue weighted by Gasteiger charge is -2.28. The van der Waals surface area contributed by atoms with Crippen molar-refractivity contribution in [2.75, 3.05) is 20.3 Å². The molecule has 0 aliphatic rings. The Hall–Kier alpha value is -0.450. The third-order valence-electron chi connectivity index (χ3n) is 3.27. The molecule has 0 aliphatic carbocycles. The van der Waals surface area contributed by atoms with Crippen molar-refractivity contribution in [3.8, 4) is 0 Å². The summed E-state index contributed by atoms with van der Waals surface area (Å²) in [5.41, 5.74) is 1.17. The Morgan fingerprint density at radius 1 is 1.39 bits per heavy atom. The Bertz CT molecular complexity index is 355. The minimum Gasteiger partial charge on any atom is -0.385 e. The van der Waals surface area contributed by atoms with Crippen molar-refractivity contribution >= 4 is 11.3 Å². The molecule has 0 aliphatic heterocycles. The summed E-state index contributed by atoms with van der Waals surface area (Å²) < 4.78 is 5.24. The van der Waals surface area contributed by atoms with Gasteiger partial charge in [-0.15, -0.1) is 11.3 Å². The zero-order valence-corrected chi connectivity index (χ0v) is 13.1. The molecule has 1 N–H and O–H groups in total. The predicted octanol–water partition coefficient (Wildman–Crippen LogP) is 3.27. The Kier molecular flexibility index (Phi) is 6.26. The zero-order valence-electron chi connectivity index (χ0n) is 12.3. The van der Waals surface area contributed by atoms with Crippen LogP contribution < -0.4 is 5.32 Å². The summed E-state index contributed by atoms with van der Waals surface area (Å²) in [7, 11) is 1.75. The van der Waals surface area contributed by atoms with Crippen molar-refractivity contribution in [3.05, 3.63) is 15.6 Å². The van der Waals surface area contributed by atoms with Gasteiger partial charge in [-0.2, -0.15) is 0 Å². The molecule has 0 amide bonds. The molecule has 1 aromatic rings. The predicted molar refractivity (Wildman–Crippen MR) is 78.4 cm³/mol. The van der Waals surface area contributed by atoms with E-state index in [0.29, 0.717) is 0 Å². The highest BCUT2D eigenvalue weighted by atomic mass is 32.1. The second-order valence-corrected chi connectivity index (χ2v) is 6.08. The van der Waals surface area contributed by atoms with Crippen LogP contribution in [0.1, 0.15) is 49.2 Å². The third kappa shape index (κ3) is 3.77. The van der Waals surface area contributed by atoms with Crippen LogP contribution in [0.15, 0.2) is 0 Å². The van der Waals surface area contributed by atoms with Crippen LogP contribution in [0.25, 0.3) is 0 Å². The van der Waals surface area contributed by atoms with E-state index in [9.17, 15) is 0 Å². The fourth-order valence-electron chi connectivity index (χ4n) is 1.97. The van der Waals surface area contributed by atoms with E-state index in [0.717, 1.165) is 32.4 Å². The number of methoxy groups -OCH3 is 1. The van der Waals surface area contributed by atoms with Crippen LogP contribution in [-0.2, 0) is 16.7 Å². The number of hydrogen-bond acceptors (Lipinski definition) is 4. The molecule has 0 fully saturated rings. The molecule has 3 nitrogen and oxygen atoms in total. The molecule has 1 rings (SSSR count). The van der Waals surface area contributed by atoms with Gasteiger partial charge in [0.2, 0.25) is 0 Å². The van der Waals surface area contributed by atoms with E-state index in [-0.39, 0.29) is 5.54 Å². The van der Waals surface area contributed by atoms with Crippen molar-refractivity contribution < 1.29 is 4.74 Å². The average Bonchev–Trinajstić information content (AvgIpc) is 2.76. The molecule has 0 saturated heterocycles. The van der Waals surface area contributed by atoms with E-state index in [4.69, 9.17) is 9.72 Å². The highest BCUT2D eigenvalue weighted by Crippen LogP contribution is 2.30. The minimum absolute atomic E-state index is 0.0606. The Balaban J connectivity index is 2.92. The summed E-state index contributed by atoms with van der Waals surface area (Å²) in [4.78, 5) is 6.15. The first-order valence-corrected chi connectivity index (χ1v) is 7.59. The van der Waals surface area contributed by atoms with Crippen LogP contribution in [0, 0.1) is 6.92 Å². The van der Waals surface area contributed by atoms with Crippen molar-refractivity contribution in [1.29, 1.82) is 0 Å². The average molecular weight is 270 g/mol. The largest absolute Gasteiger partial charge is 0.385 e. The van der Waals surface area contributed by atoms with Gasteiger partial charge in [0, 0.05) is 18.6 Å². The number of nitrogens with one attached hydrogen (secondary N) is 1. The standard InChI is InChI=1S/C14H26N2OS/c1-6-9-15-14(4,8-10-17-5)13-16-12(7-2)11(3)18-13/h15H,6-10H2,1-5H3. The summed E-state index contributed by atoms with van der Waals surface area (Å²) in [6, 6.07) is 0. The van der Waals surface area contributed by atoms with Crippen molar-refractivity contribution in [1.82, 2.24) is 10.3 Å². The number of aromatic nitrogens is 1. The highest BCUT2D eigenvalue weighted by molar-refractivity contribution is 7.11. The first-order chi connectivity index (χ1) is 8.57. The van der Waals surface area contributed by atoms with E-state index >= 15 is 0 Å². The molecular weight excluding hydrogens is 244 g/mol. The van der Waals surface area contributed by atoms with Crippen LogP contribution in [0.2, 0.25) is 0 Å². The number of rotatable bonds is 8. The van der Waals surface area contributed by atoms with Gasteiger partial charge < -0.3 is 10.1 Å². The lowest BCUT2D eigenvalue weighted by atomic mass is 9.99. The van der Waals surface area contributed by atoms with Crippen LogP contribution in [0.4, 0.5) is 0 Å². The first-order valence-electron chi connectivity index (χ1n) is 6.78. The van der Waals surface area contributed by atoms with Crippen LogP contribution in [-0.4, -0.2) is 25.2 Å². The molecule has 104 valence electrons. The van der Waals surface area contributed by atoms with Gasteiger partial charge in [-0.25, -0.2) is 4.98 Å². The molecular formula is C14H26N2OS. The summed E-state index contributed by atoms with van der Waals surface area (Å²) >= 11 is 1.82. The van der Waals surface area contributed by atoms with Gasteiger partial charge >= 0.3 is 0 Å². The Morgan fingerprint density at radius 2 is 2.11 bits per heavy atom. The van der Waals surface area contributed by atoms with Gasteiger partial charge in [0.1, 0.15) is 5.01 Å². The van der Waals surface area contributed by atoms with Gasteiger partial charge in [0.05, 0.1) is 11.2 Å². The molecule has 0 aromatic carbocycles. The topological polar surface area (TPSA) is 34.1 Å². The van der Waals surface area contributed by atoms with E-state index in [1.165, 1.54) is 15.6 Å². The van der Waals surface area contributed by atoms with Crippen molar-refractivity contribution in [3.63, 3.8) is 0 Å². The summed E-state index contributed by atoms with van der Waals surface area (Å²) in [5, 5.41) is 4.83. The molecule has 1 atom stereocenters. The molecule has 0 saturated carbocycles. The van der Waals surface area contributed by atoms with Gasteiger partial charge in [0.25, 0.3) is 0 Å². The van der Waals surface area contributed by atoms with Gasteiger partial charge in [-0.05, 0) is 39.7 Å². The monoisotopic (exact) mass is 270 g/mol. The van der Waals surface area contributed by atoms with Gasteiger partial charge in [0.15, 0.2) is 0 Å². The second kappa shape index (κ2) is 7.22. The summed E-state index contributed by atoms with van der Waals surface area (Å²) in [6.45, 7) is 10.5. The lowest BCUT2D eigenvalue weighted by Crippen LogP contribution is -2.41. The smallest absolute Gasteiger partial charge is 0.113 e. The van der Waals surface area contributed by atoms with Crippen molar-refractivity contribution in [2.45, 2.75) is 52.5 Å². The number of ether oxygens (including phenoxy) is 1. The Morgan fingerprint density at radius 3 is 2.61 bits per heavy atom. The normalized spacial score (nSPS) is 14.7. The summed E-state index contributed by atoms with van der Waals surface area (Å²) in [6.07, 6.45) is 3.10. The first kappa shape index (κ1) is 15.6.